The highest BCUT2D eigenvalue weighted by Gasteiger charge is 2.26. The van der Waals surface area contributed by atoms with Gasteiger partial charge in [0.25, 0.3) is 5.56 Å². The lowest BCUT2D eigenvalue weighted by atomic mass is 10.0. The fraction of sp³-hybridized carbons (Fsp3) is 0.318. The number of aliphatic carboxylic acids is 1. The normalized spacial score (nSPS) is 13.8. The number of nitrogens with zero attached hydrogens (tertiary/aromatic N) is 4. The molecule has 0 bridgehead atoms. The summed E-state index contributed by atoms with van der Waals surface area (Å²) in [6.07, 6.45) is 3.98. The minimum absolute atomic E-state index is 0.0268. The summed E-state index contributed by atoms with van der Waals surface area (Å²) in [4.78, 5) is 27.2. The lowest BCUT2D eigenvalue weighted by Gasteiger charge is -2.12. The van der Waals surface area contributed by atoms with Gasteiger partial charge in [-0.05, 0) is 53.8 Å². The molecule has 11 heteroatoms. The van der Waals surface area contributed by atoms with Gasteiger partial charge in [0, 0.05) is 23.9 Å². The summed E-state index contributed by atoms with van der Waals surface area (Å²) in [6, 6.07) is 9.05. The first-order chi connectivity index (χ1) is 15.9. The van der Waals surface area contributed by atoms with Gasteiger partial charge in [-0.1, -0.05) is 23.7 Å². The number of rotatable bonds is 10. The van der Waals surface area contributed by atoms with E-state index in [4.69, 9.17) is 26.2 Å². The molecule has 33 heavy (non-hydrogen) atoms. The summed E-state index contributed by atoms with van der Waals surface area (Å²) >= 11 is 6.45. The van der Waals surface area contributed by atoms with Gasteiger partial charge >= 0.3 is 5.97 Å². The molecule has 1 saturated carbocycles. The monoisotopic (exact) mass is 471 g/mol. The van der Waals surface area contributed by atoms with Gasteiger partial charge in [-0.25, -0.2) is 0 Å². The fourth-order valence-electron chi connectivity index (χ4n) is 3.36. The summed E-state index contributed by atoms with van der Waals surface area (Å²) in [5.74, 6) is -0.0799. The van der Waals surface area contributed by atoms with Gasteiger partial charge in [0.15, 0.2) is 13.2 Å². The summed E-state index contributed by atoms with van der Waals surface area (Å²) in [7, 11) is 1.59. The van der Waals surface area contributed by atoms with Crippen LogP contribution in [-0.4, -0.2) is 50.0 Å². The lowest BCUT2D eigenvalue weighted by molar-refractivity contribution is -0.138. The Morgan fingerprint density at radius 1 is 1.33 bits per heavy atom. The van der Waals surface area contributed by atoms with E-state index < -0.39 is 5.97 Å². The van der Waals surface area contributed by atoms with E-state index in [1.54, 1.807) is 19.2 Å². The third-order valence-electron chi connectivity index (χ3n) is 5.07. The van der Waals surface area contributed by atoms with Gasteiger partial charge in [-0.3, -0.25) is 9.59 Å². The molecule has 1 fully saturated rings. The number of nitrogens with one attached hydrogen (secondary N) is 1. The van der Waals surface area contributed by atoms with E-state index in [1.165, 1.54) is 0 Å². The third kappa shape index (κ3) is 5.65. The standard InChI is InChI=1S/C22H22ClN5O5/c1-32-9-8-15(18-6-5-16(13-2-3-13)22(31)24-18)14-4-7-19(17(23)10-14)33-12-20-25-27-28(26-20)11-21(29)30/h4-8,10,13H,2-3,9,11-12H2,1H3,(H,24,31)(H,29,30)/b15-8+. The predicted octanol–water partition coefficient (Wildman–Crippen LogP) is 2.63. The zero-order chi connectivity index (χ0) is 23.4. The van der Waals surface area contributed by atoms with Gasteiger partial charge in [-0.15, -0.1) is 10.2 Å². The molecule has 172 valence electrons. The maximum Gasteiger partial charge on any atom is 0.327 e. The van der Waals surface area contributed by atoms with Crippen LogP contribution in [0.25, 0.3) is 5.57 Å². The van der Waals surface area contributed by atoms with Crippen LogP contribution in [0.2, 0.25) is 5.02 Å². The number of methoxy groups -OCH3 is 1. The van der Waals surface area contributed by atoms with E-state index in [0.717, 1.165) is 34.3 Å². The number of carbonyl (C=O) groups is 1. The van der Waals surface area contributed by atoms with Crippen molar-refractivity contribution in [2.75, 3.05) is 13.7 Å². The molecule has 0 atom stereocenters. The number of benzene rings is 1. The molecule has 0 saturated heterocycles. The van der Waals surface area contributed by atoms with E-state index in [0.29, 0.717) is 29.0 Å². The Morgan fingerprint density at radius 2 is 2.15 bits per heavy atom. The van der Waals surface area contributed by atoms with Crippen LogP contribution < -0.4 is 10.3 Å². The van der Waals surface area contributed by atoms with Crippen LogP contribution in [0.4, 0.5) is 0 Å². The topological polar surface area (TPSA) is 132 Å². The molecule has 10 nitrogen and oxygen atoms in total. The quantitative estimate of drug-likeness (QED) is 0.461. The van der Waals surface area contributed by atoms with Gasteiger partial charge in [0.2, 0.25) is 5.82 Å². The molecule has 1 aliphatic carbocycles. The zero-order valence-corrected chi connectivity index (χ0v) is 18.6. The van der Waals surface area contributed by atoms with E-state index >= 15 is 0 Å². The van der Waals surface area contributed by atoms with Crippen LogP contribution in [-0.2, 0) is 22.7 Å². The Labute approximate surface area is 193 Å². The summed E-state index contributed by atoms with van der Waals surface area (Å²) in [6.45, 7) is -0.0565. The van der Waals surface area contributed by atoms with Gasteiger partial charge in [0.05, 0.1) is 11.6 Å². The first-order valence-corrected chi connectivity index (χ1v) is 10.7. The van der Waals surface area contributed by atoms with Crippen molar-refractivity contribution in [3.63, 3.8) is 0 Å². The largest absolute Gasteiger partial charge is 0.484 e. The molecule has 1 aliphatic rings. The van der Waals surface area contributed by atoms with Gasteiger partial charge in [-0.2, -0.15) is 4.80 Å². The molecule has 0 spiro atoms. The third-order valence-corrected chi connectivity index (χ3v) is 5.37. The van der Waals surface area contributed by atoms with Crippen molar-refractivity contribution in [1.82, 2.24) is 25.2 Å². The zero-order valence-electron chi connectivity index (χ0n) is 17.8. The smallest absolute Gasteiger partial charge is 0.327 e. The Bertz CT molecular complexity index is 1250. The van der Waals surface area contributed by atoms with E-state index in [9.17, 15) is 9.59 Å². The first kappa shape index (κ1) is 22.7. The second-order valence-electron chi connectivity index (χ2n) is 7.57. The predicted molar refractivity (Wildman–Crippen MR) is 119 cm³/mol. The highest BCUT2D eigenvalue weighted by Crippen LogP contribution is 2.38. The van der Waals surface area contributed by atoms with Crippen LogP contribution in [0.5, 0.6) is 5.75 Å². The molecule has 0 radical (unpaired) electrons. The van der Waals surface area contributed by atoms with Crippen LogP contribution in [0.3, 0.4) is 0 Å². The van der Waals surface area contributed by atoms with Crippen molar-refractivity contribution in [3.05, 3.63) is 74.4 Å². The van der Waals surface area contributed by atoms with Gasteiger partial charge in [0.1, 0.15) is 5.75 Å². The average molecular weight is 472 g/mol. The molecule has 3 aromatic rings. The number of ether oxygens (including phenoxy) is 2. The van der Waals surface area contributed by atoms with Crippen LogP contribution in [0, 0.1) is 0 Å². The summed E-state index contributed by atoms with van der Waals surface area (Å²) < 4.78 is 10.9. The number of carboxylic acid groups (broad SMARTS) is 1. The second-order valence-corrected chi connectivity index (χ2v) is 7.97. The Morgan fingerprint density at radius 3 is 2.82 bits per heavy atom. The molecular formula is C22H22ClN5O5. The highest BCUT2D eigenvalue weighted by molar-refractivity contribution is 6.32. The fourth-order valence-corrected chi connectivity index (χ4v) is 3.59. The molecule has 1 aromatic carbocycles. The molecule has 0 amide bonds. The van der Waals surface area contributed by atoms with Crippen molar-refractivity contribution < 1.29 is 19.4 Å². The van der Waals surface area contributed by atoms with Crippen LogP contribution >= 0.6 is 11.6 Å². The number of tetrazole rings is 1. The Hall–Kier alpha value is -3.50. The second kappa shape index (κ2) is 9.97. The van der Waals surface area contributed by atoms with Crippen molar-refractivity contribution in [3.8, 4) is 5.75 Å². The number of H-pyrrole nitrogens is 1. The maximum absolute atomic E-state index is 12.5. The summed E-state index contributed by atoms with van der Waals surface area (Å²) in [5.41, 5.74) is 2.98. The lowest BCUT2D eigenvalue weighted by Crippen LogP contribution is -2.13. The van der Waals surface area contributed by atoms with E-state index in [1.807, 2.05) is 24.3 Å². The number of aromatic amines is 1. The number of aromatic nitrogens is 5. The molecule has 0 aliphatic heterocycles. The Balaban J connectivity index is 1.52. The number of hydrogen-bond acceptors (Lipinski definition) is 7. The van der Waals surface area contributed by atoms with E-state index in [2.05, 4.69) is 20.4 Å². The van der Waals surface area contributed by atoms with Crippen molar-refractivity contribution in [1.29, 1.82) is 0 Å². The molecule has 2 aromatic heterocycles. The first-order valence-electron chi connectivity index (χ1n) is 10.3. The Kier molecular flexibility index (Phi) is 6.85. The maximum atomic E-state index is 12.5. The number of pyridine rings is 1. The van der Waals surface area contributed by atoms with Crippen molar-refractivity contribution in [2.24, 2.45) is 0 Å². The molecule has 4 rings (SSSR count). The van der Waals surface area contributed by atoms with Crippen molar-refractivity contribution >= 4 is 23.1 Å². The number of carboxylic acids is 1. The van der Waals surface area contributed by atoms with Crippen LogP contribution in [0.1, 0.15) is 41.4 Å². The minimum Gasteiger partial charge on any atom is -0.484 e. The summed E-state index contributed by atoms with van der Waals surface area (Å²) in [5, 5.41) is 20.5. The SMILES string of the molecule is COC/C=C(\c1ccc(OCc2nnn(CC(=O)O)n2)c(Cl)c1)c1ccc(C2CC2)c(=O)[nH]1. The highest BCUT2D eigenvalue weighted by atomic mass is 35.5. The van der Waals surface area contributed by atoms with Gasteiger partial charge < -0.3 is 19.6 Å². The number of halogens is 1. The molecule has 2 heterocycles. The average Bonchev–Trinajstić information content (AvgIpc) is 3.52. The minimum atomic E-state index is -1.07. The van der Waals surface area contributed by atoms with Crippen LogP contribution in [0.15, 0.2) is 41.2 Å². The number of hydrogen-bond donors (Lipinski definition) is 2. The molecule has 2 N–H and O–H groups in total. The molecule has 0 unspecified atom stereocenters. The van der Waals surface area contributed by atoms with E-state index in [-0.39, 0.29) is 24.5 Å². The molecular weight excluding hydrogens is 450 g/mol. The van der Waals surface area contributed by atoms with Crippen molar-refractivity contribution in [2.45, 2.75) is 31.9 Å².